The SMILES string of the molecule is COc1cc(OC)c(C2=CCN(C(=O)c3cn(-c4ccccc4)nc3-c3cccnc3)CC2)c(OC)c1. The molecule has 8 nitrogen and oxygen atoms in total. The van der Waals surface area contributed by atoms with Gasteiger partial charge in [-0.3, -0.25) is 9.78 Å². The third kappa shape index (κ3) is 4.78. The Morgan fingerprint density at radius 2 is 1.70 bits per heavy atom. The second kappa shape index (κ2) is 10.6. The first-order valence-corrected chi connectivity index (χ1v) is 12.0. The number of amides is 1. The van der Waals surface area contributed by atoms with Gasteiger partial charge in [0, 0.05) is 49.4 Å². The van der Waals surface area contributed by atoms with Crippen molar-refractivity contribution in [1.29, 1.82) is 0 Å². The van der Waals surface area contributed by atoms with Gasteiger partial charge in [-0.25, -0.2) is 4.68 Å². The maximum Gasteiger partial charge on any atom is 0.258 e. The first kappa shape index (κ1) is 24.1. The topological polar surface area (TPSA) is 78.7 Å². The summed E-state index contributed by atoms with van der Waals surface area (Å²) in [5.41, 5.74) is 4.76. The lowest BCUT2D eigenvalue weighted by molar-refractivity contribution is 0.0773. The van der Waals surface area contributed by atoms with E-state index in [0.29, 0.717) is 48.0 Å². The number of hydrogen-bond donors (Lipinski definition) is 0. The molecule has 0 bridgehead atoms. The van der Waals surface area contributed by atoms with E-state index in [4.69, 9.17) is 19.3 Å². The molecule has 37 heavy (non-hydrogen) atoms. The van der Waals surface area contributed by atoms with Crippen LogP contribution in [0, 0.1) is 0 Å². The smallest absolute Gasteiger partial charge is 0.258 e. The summed E-state index contributed by atoms with van der Waals surface area (Å²) in [7, 11) is 4.86. The highest BCUT2D eigenvalue weighted by Gasteiger charge is 2.27. The van der Waals surface area contributed by atoms with Gasteiger partial charge in [0.1, 0.15) is 22.9 Å². The molecule has 0 unspecified atom stereocenters. The van der Waals surface area contributed by atoms with Gasteiger partial charge < -0.3 is 19.1 Å². The molecular formula is C29H28N4O4. The highest BCUT2D eigenvalue weighted by molar-refractivity contribution is 6.00. The van der Waals surface area contributed by atoms with Gasteiger partial charge in [0.25, 0.3) is 5.91 Å². The third-order valence-corrected chi connectivity index (χ3v) is 6.43. The number of ether oxygens (including phenoxy) is 3. The highest BCUT2D eigenvalue weighted by Crippen LogP contribution is 2.41. The molecule has 0 saturated carbocycles. The molecule has 8 heteroatoms. The predicted octanol–water partition coefficient (Wildman–Crippen LogP) is 4.89. The van der Waals surface area contributed by atoms with E-state index in [2.05, 4.69) is 11.1 Å². The van der Waals surface area contributed by atoms with E-state index >= 15 is 0 Å². The van der Waals surface area contributed by atoms with Crippen molar-refractivity contribution in [3.63, 3.8) is 0 Å². The van der Waals surface area contributed by atoms with Crippen molar-refractivity contribution in [2.75, 3.05) is 34.4 Å². The van der Waals surface area contributed by atoms with Gasteiger partial charge in [0.2, 0.25) is 0 Å². The quantitative estimate of drug-likeness (QED) is 0.363. The average molecular weight is 497 g/mol. The van der Waals surface area contributed by atoms with Crippen LogP contribution in [-0.4, -0.2) is 60.0 Å². The molecule has 1 aliphatic rings. The van der Waals surface area contributed by atoms with Crippen molar-refractivity contribution < 1.29 is 19.0 Å². The molecule has 2 aromatic carbocycles. The van der Waals surface area contributed by atoms with Crippen LogP contribution in [0.15, 0.2) is 79.3 Å². The summed E-state index contributed by atoms with van der Waals surface area (Å²) in [6.45, 7) is 1.00. The summed E-state index contributed by atoms with van der Waals surface area (Å²) in [5, 5.41) is 4.76. The van der Waals surface area contributed by atoms with Crippen molar-refractivity contribution >= 4 is 11.5 Å². The predicted molar refractivity (Wildman–Crippen MR) is 141 cm³/mol. The Morgan fingerprint density at radius 3 is 2.30 bits per heavy atom. The molecule has 1 amide bonds. The summed E-state index contributed by atoms with van der Waals surface area (Å²) >= 11 is 0. The molecule has 4 aromatic rings. The Morgan fingerprint density at radius 1 is 0.946 bits per heavy atom. The molecule has 0 N–H and O–H groups in total. The standard InChI is InChI=1S/C29H28N4O4/c1-35-23-16-25(36-2)27(26(17-23)37-3)20-11-14-32(15-12-20)29(34)24-19-33(22-9-5-4-6-10-22)31-28(24)21-8-7-13-30-18-21/h4-11,13,16-19H,12,14-15H2,1-3H3. The zero-order valence-electron chi connectivity index (χ0n) is 21.0. The van der Waals surface area contributed by atoms with Gasteiger partial charge in [0.05, 0.1) is 38.1 Å². The van der Waals surface area contributed by atoms with E-state index in [1.54, 1.807) is 44.6 Å². The second-order valence-corrected chi connectivity index (χ2v) is 8.55. The van der Waals surface area contributed by atoms with E-state index < -0.39 is 0 Å². The second-order valence-electron chi connectivity index (χ2n) is 8.55. The van der Waals surface area contributed by atoms with Gasteiger partial charge in [-0.1, -0.05) is 24.3 Å². The van der Waals surface area contributed by atoms with Crippen molar-refractivity contribution in [2.45, 2.75) is 6.42 Å². The molecule has 0 spiro atoms. The lowest BCUT2D eigenvalue weighted by Crippen LogP contribution is -2.34. The lowest BCUT2D eigenvalue weighted by atomic mass is 9.96. The molecule has 0 atom stereocenters. The fourth-order valence-corrected chi connectivity index (χ4v) is 4.53. The summed E-state index contributed by atoms with van der Waals surface area (Å²) in [6, 6.07) is 17.2. The molecule has 0 aliphatic carbocycles. The van der Waals surface area contributed by atoms with Gasteiger partial charge in [-0.15, -0.1) is 0 Å². The van der Waals surface area contributed by atoms with Gasteiger partial charge in [0.15, 0.2) is 0 Å². The van der Waals surface area contributed by atoms with Crippen LogP contribution < -0.4 is 14.2 Å². The van der Waals surface area contributed by atoms with Crippen molar-refractivity contribution in [1.82, 2.24) is 19.7 Å². The number of rotatable bonds is 7. The number of carbonyl (C=O) groups excluding carboxylic acids is 1. The lowest BCUT2D eigenvalue weighted by Gasteiger charge is -2.28. The van der Waals surface area contributed by atoms with Crippen molar-refractivity contribution in [3.05, 3.63) is 90.4 Å². The van der Waals surface area contributed by atoms with E-state index in [1.165, 1.54) is 0 Å². The number of nitrogens with zero attached hydrogens (tertiary/aromatic N) is 4. The number of hydrogen-bond acceptors (Lipinski definition) is 6. The fourth-order valence-electron chi connectivity index (χ4n) is 4.53. The molecule has 0 saturated heterocycles. The van der Waals surface area contributed by atoms with Crippen LogP contribution in [0.5, 0.6) is 17.2 Å². The minimum Gasteiger partial charge on any atom is -0.496 e. The Labute approximate surface area is 215 Å². The number of carbonyl (C=O) groups is 1. The molecule has 0 radical (unpaired) electrons. The van der Waals surface area contributed by atoms with Gasteiger partial charge >= 0.3 is 0 Å². The monoisotopic (exact) mass is 496 g/mol. The van der Waals surface area contributed by atoms with Crippen LogP contribution in [-0.2, 0) is 0 Å². The Kier molecular flexibility index (Phi) is 6.89. The van der Waals surface area contributed by atoms with Gasteiger partial charge in [-0.05, 0) is 36.3 Å². The van der Waals surface area contributed by atoms with E-state index in [-0.39, 0.29) is 5.91 Å². The summed E-state index contributed by atoms with van der Waals surface area (Å²) in [5.74, 6) is 1.92. The number of pyridine rings is 1. The summed E-state index contributed by atoms with van der Waals surface area (Å²) < 4.78 is 18.4. The van der Waals surface area contributed by atoms with Crippen LogP contribution in [0.1, 0.15) is 22.3 Å². The molecule has 188 valence electrons. The van der Waals surface area contributed by atoms with Crippen LogP contribution in [0.2, 0.25) is 0 Å². The molecular weight excluding hydrogens is 468 g/mol. The van der Waals surface area contributed by atoms with Crippen LogP contribution in [0.3, 0.4) is 0 Å². The molecule has 2 aromatic heterocycles. The Hall–Kier alpha value is -4.59. The summed E-state index contributed by atoms with van der Waals surface area (Å²) in [6.07, 6.45) is 7.94. The fraction of sp³-hybridized carbons (Fsp3) is 0.207. The Balaban J connectivity index is 1.47. The maximum absolute atomic E-state index is 13.8. The largest absolute Gasteiger partial charge is 0.496 e. The minimum absolute atomic E-state index is 0.0787. The number of benzene rings is 2. The third-order valence-electron chi connectivity index (χ3n) is 6.43. The van der Waals surface area contributed by atoms with Crippen LogP contribution >= 0.6 is 0 Å². The Bertz CT molecular complexity index is 1410. The van der Waals surface area contributed by atoms with Crippen molar-refractivity contribution in [3.8, 4) is 34.2 Å². The molecule has 1 aliphatic heterocycles. The highest BCUT2D eigenvalue weighted by atomic mass is 16.5. The average Bonchev–Trinajstić information content (AvgIpc) is 3.42. The first-order valence-electron chi connectivity index (χ1n) is 12.0. The molecule has 5 rings (SSSR count). The summed E-state index contributed by atoms with van der Waals surface area (Å²) in [4.78, 5) is 19.8. The number of para-hydroxylation sites is 1. The van der Waals surface area contributed by atoms with E-state index in [1.807, 2.05) is 59.5 Å². The zero-order chi connectivity index (χ0) is 25.8. The maximum atomic E-state index is 13.8. The normalized spacial score (nSPS) is 13.2. The molecule has 0 fully saturated rings. The van der Waals surface area contributed by atoms with Crippen LogP contribution in [0.25, 0.3) is 22.5 Å². The minimum atomic E-state index is -0.0787. The number of aromatic nitrogens is 3. The number of methoxy groups -OCH3 is 3. The van der Waals surface area contributed by atoms with Crippen LogP contribution in [0.4, 0.5) is 0 Å². The first-order chi connectivity index (χ1) is 18.1. The van der Waals surface area contributed by atoms with E-state index in [0.717, 1.165) is 22.4 Å². The zero-order valence-corrected chi connectivity index (χ0v) is 21.0. The van der Waals surface area contributed by atoms with E-state index in [9.17, 15) is 4.79 Å². The van der Waals surface area contributed by atoms with Crippen molar-refractivity contribution in [2.24, 2.45) is 0 Å². The molecule has 3 heterocycles. The van der Waals surface area contributed by atoms with Gasteiger partial charge in [-0.2, -0.15) is 5.10 Å².